The summed E-state index contributed by atoms with van der Waals surface area (Å²) >= 11 is 0. The van der Waals surface area contributed by atoms with Crippen LogP contribution in [0.5, 0.6) is 0 Å². The Morgan fingerprint density at radius 3 is 2.24 bits per heavy atom. The van der Waals surface area contributed by atoms with Gasteiger partial charge < -0.3 is 9.32 Å². The van der Waals surface area contributed by atoms with Crippen LogP contribution in [0, 0.1) is 6.92 Å². The number of carbonyl (C=O) groups is 1. The van der Waals surface area contributed by atoms with Crippen molar-refractivity contribution in [3.8, 4) is 0 Å². The number of piperazine rings is 1. The predicted octanol–water partition coefficient (Wildman–Crippen LogP) is 7.00. The van der Waals surface area contributed by atoms with E-state index in [0.717, 1.165) is 38.5 Å². The summed E-state index contributed by atoms with van der Waals surface area (Å²) in [6.45, 7) is 15.8. The molecule has 1 amide bonds. The Bertz CT molecular complexity index is 1310. The van der Waals surface area contributed by atoms with E-state index in [4.69, 9.17) is 4.42 Å². The van der Waals surface area contributed by atoms with Crippen LogP contribution >= 0.6 is 0 Å². The molecule has 0 radical (unpaired) electrons. The third kappa shape index (κ3) is 5.66. The van der Waals surface area contributed by atoms with E-state index in [1.807, 2.05) is 23.1 Å². The van der Waals surface area contributed by atoms with Gasteiger partial charge in [-0.3, -0.25) is 9.69 Å². The predicted molar refractivity (Wildman–Crippen MR) is 156 cm³/mol. The highest BCUT2D eigenvalue weighted by molar-refractivity contribution is 5.91. The van der Waals surface area contributed by atoms with Gasteiger partial charge in [0.15, 0.2) is 5.76 Å². The van der Waals surface area contributed by atoms with Gasteiger partial charge in [-0.25, -0.2) is 0 Å². The normalized spacial score (nSPS) is 19.0. The maximum absolute atomic E-state index is 13.2. The van der Waals surface area contributed by atoms with E-state index in [1.165, 1.54) is 40.7 Å². The lowest BCUT2D eigenvalue weighted by atomic mass is 9.62. The van der Waals surface area contributed by atoms with Gasteiger partial charge in [0.25, 0.3) is 5.91 Å². The second-order valence-electron chi connectivity index (χ2n) is 12.4. The number of furan rings is 1. The van der Waals surface area contributed by atoms with E-state index < -0.39 is 0 Å². The van der Waals surface area contributed by atoms with Gasteiger partial charge in [0.2, 0.25) is 0 Å². The number of rotatable bonds is 6. The molecule has 4 heteroatoms. The molecular formula is C34H42N2O2. The van der Waals surface area contributed by atoms with Gasteiger partial charge in [-0.2, -0.15) is 0 Å². The topological polar surface area (TPSA) is 36.7 Å². The number of amides is 1. The highest BCUT2D eigenvalue weighted by atomic mass is 16.4. The number of aryl methyl sites for hydroxylation is 1. The smallest absolute Gasteiger partial charge is 0.289 e. The summed E-state index contributed by atoms with van der Waals surface area (Å²) in [7, 11) is 0. The summed E-state index contributed by atoms with van der Waals surface area (Å²) in [4.78, 5) is 17.5. The van der Waals surface area contributed by atoms with Gasteiger partial charge in [0.05, 0.1) is 0 Å². The highest BCUT2D eigenvalue weighted by Gasteiger charge is 2.37. The number of nitrogens with zero attached hydrogens (tertiary/aromatic N) is 2. The number of carbonyl (C=O) groups excluding carboxylic acids is 1. The molecule has 1 aromatic heterocycles. The molecule has 0 N–H and O–H groups in total. The van der Waals surface area contributed by atoms with Gasteiger partial charge in [0.1, 0.15) is 5.76 Å². The van der Waals surface area contributed by atoms with Crippen LogP contribution in [0.25, 0.3) is 6.08 Å². The van der Waals surface area contributed by atoms with Gasteiger partial charge in [-0.1, -0.05) is 82.3 Å². The third-order valence-electron chi connectivity index (χ3n) is 8.68. The average molecular weight is 511 g/mol. The Hall–Kier alpha value is -3.11. The molecule has 2 aromatic carbocycles. The Morgan fingerprint density at radius 1 is 0.895 bits per heavy atom. The Morgan fingerprint density at radius 2 is 1.55 bits per heavy atom. The molecule has 1 saturated heterocycles. The fourth-order valence-corrected chi connectivity index (χ4v) is 5.92. The van der Waals surface area contributed by atoms with Crippen molar-refractivity contribution >= 4 is 12.0 Å². The molecule has 2 aliphatic rings. The first-order valence-corrected chi connectivity index (χ1v) is 14.1. The second kappa shape index (κ2) is 10.6. The van der Waals surface area contributed by atoms with Gasteiger partial charge >= 0.3 is 0 Å². The monoisotopic (exact) mass is 510 g/mol. The minimum atomic E-state index is 0.000716. The Labute approximate surface area is 228 Å². The maximum Gasteiger partial charge on any atom is 0.289 e. The average Bonchev–Trinajstić information content (AvgIpc) is 3.37. The summed E-state index contributed by atoms with van der Waals surface area (Å²) in [6.07, 6.45) is 7.49. The fraction of sp³-hybridized carbons (Fsp3) is 0.441. The zero-order chi connectivity index (χ0) is 26.9. The summed E-state index contributed by atoms with van der Waals surface area (Å²) in [5, 5.41) is 0. The largest absolute Gasteiger partial charge is 0.456 e. The summed E-state index contributed by atoms with van der Waals surface area (Å²) in [6, 6.07) is 19.0. The van der Waals surface area contributed by atoms with Crippen LogP contribution in [-0.4, -0.2) is 48.4 Å². The lowest BCUT2D eigenvalue weighted by molar-refractivity contribution is 0.0617. The highest BCUT2D eigenvalue weighted by Crippen LogP contribution is 2.46. The number of fused-ring (bicyclic) bond motifs is 1. The standard InChI is InChI=1S/C34H42N2O2/c1-25-22-29-30(34(4,5)16-15-33(29,2)3)24-27(25)23-28-13-14-31(38-28)32(37)36-20-18-35(19-21-36)17-9-12-26-10-7-6-8-11-26/h6-14,22,24H,15-21,23H2,1-5H3/b12-9+. The first kappa shape index (κ1) is 26.5. The maximum atomic E-state index is 13.2. The number of benzene rings is 2. The molecule has 1 aliphatic carbocycles. The molecule has 1 fully saturated rings. The molecule has 0 spiro atoms. The molecule has 200 valence electrons. The van der Waals surface area contributed by atoms with Crippen LogP contribution in [0.2, 0.25) is 0 Å². The van der Waals surface area contributed by atoms with Crippen LogP contribution < -0.4 is 0 Å². The number of hydrogen-bond acceptors (Lipinski definition) is 3. The summed E-state index contributed by atoms with van der Waals surface area (Å²) in [5.41, 5.74) is 7.15. The Balaban J connectivity index is 1.20. The summed E-state index contributed by atoms with van der Waals surface area (Å²) < 4.78 is 6.12. The van der Waals surface area contributed by atoms with Crippen molar-refractivity contribution in [1.82, 2.24) is 9.80 Å². The lowest BCUT2D eigenvalue weighted by Crippen LogP contribution is -2.48. The molecule has 0 atom stereocenters. The second-order valence-corrected chi connectivity index (χ2v) is 12.4. The molecular weight excluding hydrogens is 468 g/mol. The van der Waals surface area contributed by atoms with E-state index >= 15 is 0 Å². The van der Waals surface area contributed by atoms with Crippen molar-refractivity contribution in [2.45, 2.75) is 64.7 Å². The molecule has 38 heavy (non-hydrogen) atoms. The van der Waals surface area contributed by atoms with E-state index in [0.29, 0.717) is 12.2 Å². The molecule has 3 aromatic rings. The quantitative estimate of drug-likeness (QED) is 0.358. The number of hydrogen-bond donors (Lipinski definition) is 0. The van der Waals surface area contributed by atoms with Crippen LogP contribution in [0.4, 0.5) is 0 Å². The van der Waals surface area contributed by atoms with E-state index in [-0.39, 0.29) is 16.7 Å². The van der Waals surface area contributed by atoms with Crippen LogP contribution in [0.1, 0.15) is 84.7 Å². The molecule has 0 bridgehead atoms. The molecule has 0 unspecified atom stereocenters. The van der Waals surface area contributed by atoms with Crippen molar-refractivity contribution in [1.29, 1.82) is 0 Å². The molecule has 4 nitrogen and oxygen atoms in total. The van der Waals surface area contributed by atoms with Crippen molar-refractivity contribution in [3.63, 3.8) is 0 Å². The van der Waals surface area contributed by atoms with Crippen molar-refractivity contribution in [3.05, 3.63) is 100 Å². The lowest BCUT2D eigenvalue weighted by Gasteiger charge is -2.42. The Kier molecular flexibility index (Phi) is 7.37. The van der Waals surface area contributed by atoms with E-state index in [2.05, 4.69) is 88.1 Å². The molecule has 0 saturated carbocycles. The van der Waals surface area contributed by atoms with E-state index in [1.54, 1.807) is 0 Å². The molecule has 5 rings (SSSR count). The minimum absolute atomic E-state index is 0.000716. The first-order chi connectivity index (χ1) is 18.1. The van der Waals surface area contributed by atoms with Crippen molar-refractivity contribution < 1.29 is 9.21 Å². The van der Waals surface area contributed by atoms with Crippen LogP contribution in [-0.2, 0) is 17.3 Å². The zero-order valence-corrected chi connectivity index (χ0v) is 23.7. The fourth-order valence-electron chi connectivity index (χ4n) is 5.92. The van der Waals surface area contributed by atoms with Crippen LogP contribution in [0.3, 0.4) is 0 Å². The minimum Gasteiger partial charge on any atom is -0.456 e. The molecule has 1 aliphatic heterocycles. The first-order valence-electron chi connectivity index (χ1n) is 14.1. The van der Waals surface area contributed by atoms with Crippen LogP contribution in [0.15, 0.2) is 65.1 Å². The third-order valence-corrected chi connectivity index (χ3v) is 8.68. The van der Waals surface area contributed by atoms with Gasteiger partial charge in [0, 0.05) is 39.1 Å². The SMILES string of the molecule is Cc1cc2c(cc1Cc1ccc(C(=O)N3CCN(C/C=C/c4ccccc4)CC3)o1)C(C)(C)CCC2(C)C. The zero-order valence-electron chi connectivity index (χ0n) is 23.7. The van der Waals surface area contributed by atoms with E-state index in [9.17, 15) is 4.79 Å². The van der Waals surface area contributed by atoms with Gasteiger partial charge in [-0.15, -0.1) is 0 Å². The van der Waals surface area contributed by atoms with Gasteiger partial charge in [-0.05, 0) is 70.5 Å². The summed E-state index contributed by atoms with van der Waals surface area (Å²) in [5.74, 6) is 1.31. The van der Waals surface area contributed by atoms with Crippen molar-refractivity contribution in [2.75, 3.05) is 32.7 Å². The van der Waals surface area contributed by atoms with Crippen molar-refractivity contribution in [2.24, 2.45) is 0 Å². The molecule has 2 heterocycles.